The molecule has 3 rings (SSSR count). The standard InChI is InChI=1S/C24H29N3O5/c1-15(16(2)28)27-19-10-7-6-9-18(19)26-22(27)11-8-12-25-24(29)17-13-20(30-3)23(32-5)21(14-17)31-4/h6-7,9-10,13-15H,8,11-12H2,1-5H3,(H,25,29). The Morgan fingerprint density at radius 1 is 1.06 bits per heavy atom. The van der Waals surface area contributed by atoms with Gasteiger partial charge in [0.05, 0.1) is 38.4 Å². The number of aryl methyl sites for hydroxylation is 1. The van der Waals surface area contributed by atoms with E-state index in [0.717, 1.165) is 16.9 Å². The number of hydrogen-bond donors (Lipinski definition) is 1. The third-order valence-corrected chi connectivity index (χ3v) is 5.43. The van der Waals surface area contributed by atoms with E-state index in [1.807, 2.05) is 35.8 Å². The number of imidazole rings is 1. The molecule has 1 unspecified atom stereocenters. The lowest BCUT2D eigenvalue weighted by Crippen LogP contribution is -2.25. The zero-order chi connectivity index (χ0) is 23.3. The Kier molecular flexibility index (Phi) is 7.35. The molecule has 1 atom stereocenters. The summed E-state index contributed by atoms with van der Waals surface area (Å²) in [6, 6.07) is 10.7. The van der Waals surface area contributed by atoms with Gasteiger partial charge in [-0.2, -0.15) is 0 Å². The Balaban J connectivity index is 1.70. The van der Waals surface area contributed by atoms with Crippen molar-refractivity contribution in [3.05, 3.63) is 47.8 Å². The van der Waals surface area contributed by atoms with E-state index < -0.39 is 0 Å². The summed E-state index contributed by atoms with van der Waals surface area (Å²) in [7, 11) is 4.53. The number of hydrogen-bond acceptors (Lipinski definition) is 6. The van der Waals surface area contributed by atoms with Gasteiger partial charge in [0.25, 0.3) is 5.91 Å². The number of rotatable bonds is 10. The monoisotopic (exact) mass is 439 g/mol. The number of carbonyl (C=O) groups excluding carboxylic acids is 2. The van der Waals surface area contributed by atoms with Gasteiger partial charge >= 0.3 is 0 Å². The van der Waals surface area contributed by atoms with E-state index in [1.54, 1.807) is 19.1 Å². The topological polar surface area (TPSA) is 91.7 Å². The summed E-state index contributed by atoms with van der Waals surface area (Å²) >= 11 is 0. The summed E-state index contributed by atoms with van der Waals surface area (Å²) in [5.74, 6) is 1.94. The Labute approximate surface area is 187 Å². The first-order chi connectivity index (χ1) is 15.4. The number of ether oxygens (including phenoxy) is 3. The van der Waals surface area contributed by atoms with Crippen LogP contribution in [0.15, 0.2) is 36.4 Å². The van der Waals surface area contributed by atoms with Gasteiger partial charge in [0.1, 0.15) is 5.82 Å². The third kappa shape index (κ3) is 4.69. The van der Waals surface area contributed by atoms with Gasteiger partial charge < -0.3 is 24.1 Å². The molecule has 8 heteroatoms. The number of aromatic nitrogens is 2. The van der Waals surface area contributed by atoms with E-state index in [2.05, 4.69) is 5.32 Å². The number of nitrogens with zero attached hydrogens (tertiary/aromatic N) is 2. The van der Waals surface area contributed by atoms with Gasteiger partial charge in [0.15, 0.2) is 17.3 Å². The molecule has 1 N–H and O–H groups in total. The van der Waals surface area contributed by atoms with Gasteiger partial charge in [0, 0.05) is 18.5 Å². The van der Waals surface area contributed by atoms with Crippen molar-refractivity contribution in [2.75, 3.05) is 27.9 Å². The van der Waals surface area contributed by atoms with Crippen molar-refractivity contribution in [3.63, 3.8) is 0 Å². The van der Waals surface area contributed by atoms with Crippen LogP contribution in [0.1, 0.15) is 42.5 Å². The molecule has 0 aliphatic carbocycles. The number of Topliss-reactive ketones (excluding diaryl/α,β-unsaturated/α-hetero) is 1. The predicted octanol–water partition coefficient (Wildman–Crippen LogP) is 3.57. The molecule has 0 saturated heterocycles. The Hall–Kier alpha value is -3.55. The van der Waals surface area contributed by atoms with Gasteiger partial charge in [0.2, 0.25) is 5.75 Å². The molecule has 0 fully saturated rings. The summed E-state index contributed by atoms with van der Waals surface area (Å²) in [5, 5.41) is 2.92. The first-order valence-electron chi connectivity index (χ1n) is 10.5. The van der Waals surface area contributed by atoms with E-state index in [1.165, 1.54) is 21.3 Å². The van der Waals surface area contributed by atoms with E-state index in [-0.39, 0.29) is 17.7 Å². The zero-order valence-corrected chi connectivity index (χ0v) is 19.1. The number of carbonyl (C=O) groups is 2. The normalized spacial score (nSPS) is 11.8. The average Bonchev–Trinajstić information content (AvgIpc) is 3.18. The lowest BCUT2D eigenvalue weighted by atomic mass is 10.1. The van der Waals surface area contributed by atoms with Crippen molar-refractivity contribution in [2.24, 2.45) is 0 Å². The van der Waals surface area contributed by atoms with E-state index in [0.29, 0.717) is 42.2 Å². The van der Waals surface area contributed by atoms with E-state index in [4.69, 9.17) is 19.2 Å². The Morgan fingerprint density at radius 3 is 2.31 bits per heavy atom. The minimum absolute atomic E-state index is 0.0742. The van der Waals surface area contributed by atoms with Crippen molar-refractivity contribution in [3.8, 4) is 17.2 Å². The lowest BCUT2D eigenvalue weighted by molar-refractivity contribution is -0.119. The van der Waals surface area contributed by atoms with Crippen LogP contribution in [0, 0.1) is 0 Å². The number of nitrogens with one attached hydrogen (secondary N) is 1. The van der Waals surface area contributed by atoms with Gasteiger partial charge in [-0.05, 0) is 44.5 Å². The molecular formula is C24H29N3O5. The smallest absolute Gasteiger partial charge is 0.251 e. The van der Waals surface area contributed by atoms with E-state index >= 15 is 0 Å². The SMILES string of the molecule is COc1cc(C(=O)NCCCc2nc3ccccc3n2C(C)C(C)=O)cc(OC)c1OC. The minimum Gasteiger partial charge on any atom is -0.493 e. The fraction of sp³-hybridized carbons (Fsp3) is 0.375. The van der Waals surface area contributed by atoms with Crippen LogP contribution in [0.5, 0.6) is 17.2 Å². The maximum Gasteiger partial charge on any atom is 0.251 e. The molecule has 1 aromatic heterocycles. The molecule has 0 aliphatic rings. The van der Waals surface area contributed by atoms with Crippen LogP contribution < -0.4 is 19.5 Å². The van der Waals surface area contributed by atoms with Crippen molar-refractivity contribution in [1.29, 1.82) is 0 Å². The summed E-state index contributed by atoms with van der Waals surface area (Å²) in [4.78, 5) is 29.4. The minimum atomic E-state index is -0.300. The van der Waals surface area contributed by atoms with Gasteiger partial charge in [-0.1, -0.05) is 12.1 Å². The molecule has 1 heterocycles. The highest BCUT2D eigenvalue weighted by molar-refractivity contribution is 5.95. The van der Waals surface area contributed by atoms with Crippen LogP contribution in [0.3, 0.4) is 0 Å². The van der Waals surface area contributed by atoms with Gasteiger partial charge in [-0.25, -0.2) is 4.98 Å². The molecule has 0 bridgehead atoms. The zero-order valence-electron chi connectivity index (χ0n) is 19.1. The molecule has 0 saturated carbocycles. The number of para-hydroxylation sites is 2. The van der Waals surface area contributed by atoms with Crippen molar-refractivity contribution in [2.45, 2.75) is 32.7 Å². The van der Waals surface area contributed by atoms with Crippen LogP contribution in [0.4, 0.5) is 0 Å². The highest BCUT2D eigenvalue weighted by atomic mass is 16.5. The number of amides is 1. The van der Waals surface area contributed by atoms with Crippen molar-refractivity contribution in [1.82, 2.24) is 14.9 Å². The molecule has 8 nitrogen and oxygen atoms in total. The molecule has 3 aromatic rings. The molecule has 2 aromatic carbocycles. The second kappa shape index (κ2) is 10.2. The molecule has 0 spiro atoms. The number of ketones is 1. The number of methoxy groups -OCH3 is 3. The van der Waals surface area contributed by atoms with Crippen LogP contribution >= 0.6 is 0 Å². The first-order valence-corrected chi connectivity index (χ1v) is 10.5. The largest absolute Gasteiger partial charge is 0.493 e. The average molecular weight is 440 g/mol. The summed E-state index contributed by atoms with van der Waals surface area (Å²) < 4.78 is 17.9. The Bertz CT molecular complexity index is 1100. The summed E-state index contributed by atoms with van der Waals surface area (Å²) in [6.45, 7) is 3.92. The predicted molar refractivity (Wildman–Crippen MR) is 122 cm³/mol. The fourth-order valence-electron chi connectivity index (χ4n) is 3.65. The van der Waals surface area contributed by atoms with Gasteiger partial charge in [-0.3, -0.25) is 9.59 Å². The fourth-order valence-corrected chi connectivity index (χ4v) is 3.65. The molecule has 1 amide bonds. The van der Waals surface area contributed by atoms with Crippen LogP contribution in [0.25, 0.3) is 11.0 Å². The second-order valence-corrected chi connectivity index (χ2v) is 7.45. The molecular weight excluding hydrogens is 410 g/mol. The maximum absolute atomic E-state index is 12.7. The highest BCUT2D eigenvalue weighted by Gasteiger charge is 2.19. The maximum atomic E-state index is 12.7. The molecule has 0 radical (unpaired) electrons. The third-order valence-electron chi connectivity index (χ3n) is 5.43. The van der Waals surface area contributed by atoms with Crippen molar-refractivity contribution < 1.29 is 23.8 Å². The van der Waals surface area contributed by atoms with Crippen molar-refractivity contribution >= 4 is 22.7 Å². The van der Waals surface area contributed by atoms with E-state index in [9.17, 15) is 9.59 Å². The first kappa shape index (κ1) is 23.1. The van der Waals surface area contributed by atoms with Crippen LogP contribution in [0.2, 0.25) is 0 Å². The van der Waals surface area contributed by atoms with Crippen LogP contribution in [-0.4, -0.2) is 49.1 Å². The quantitative estimate of drug-likeness (QED) is 0.486. The Morgan fingerprint density at radius 2 is 1.72 bits per heavy atom. The molecule has 170 valence electrons. The highest BCUT2D eigenvalue weighted by Crippen LogP contribution is 2.38. The summed E-state index contributed by atoms with van der Waals surface area (Å²) in [5.41, 5.74) is 2.21. The van der Waals surface area contributed by atoms with Crippen LogP contribution in [-0.2, 0) is 11.2 Å². The lowest BCUT2D eigenvalue weighted by Gasteiger charge is -2.15. The number of fused-ring (bicyclic) bond motifs is 1. The second-order valence-electron chi connectivity index (χ2n) is 7.45. The molecule has 32 heavy (non-hydrogen) atoms. The summed E-state index contributed by atoms with van der Waals surface area (Å²) in [6.07, 6.45) is 1.30. The number of benzene rings is 2. The molecule has 0 aliphatic heterocycles. The van der Waals surface area contributed by atoms with Gasteiger partial charge in [-0.15, -0.1) is 0 Å².